The molecule has 0 fully saturated rings. The summed E-state index contributed by atoms with van der Waals surface area (Å²) in [5.41, 5.74) is 1.35. The molecule has 0 aromatic heterocycles. The van der Waals surface area contributed by atoms with Gasteiger partial charge >= 0.3 is 0 Å². The molecule has 0 aromatic carbocycles. The quantitative estimate of drug-likeness (QED) is 0.432. The average molecular weight is 151 g/mol. The minimum Gasteiger partial charge on any atom is -0.297 e. The normalized spacial score (nSPS) is 13.5. The smallest absolute Gasteiger partial charge is 0.0357 e. The van der Waals surface area contributed by atoms with Crippen molar-refractivity contribution in [1.82, 2.24) is 0 Å². The SMILES string of the molecule is CC=C/C=C(/C)CC=NCC. The lowest BCUT2D eigenvalue weighted by molar-refractivity contribution is 1.12. The number of allylic oxidation sites excluding steroid dienone is 4. The highest BCUT2D eigenvalue weighted by Gasteiger charge is 1.81. The molecule has 0 heterocycles. The lowest BCUT2D eigenvalue weighted by Gasteiger charge is -1.90. The fraction of sp³-hybridized carbons (Fsp3) is 0.500. The third-order valence-corrected chi connectivity index (χ3v) is 1.30. The van der Waals surface area contributed by atoms with Gasteiger partial charge in [0.25, 0.3) is 0 Å². The van der Waals surface area contributed by atoms with E-state index in [1.54, 1.807) is 0 Å². The van der Waals surface area contributed by atoms with Gasteiger partial charge in [0.2, 0.25) is 0 Å². The Hall–Kier alpha value is -0.850. The van der Waals surface area contributed by atoms with Gasteiger partial charge in [-0.3, -0.25) is 4.99 Å². The van der Waals surface area contributed by atoms with E-state index < -0.39 is 0 Å². The van der Waals surface area contributed by atoms with Gasteiger partial charge in [0.1, 0.15) is 0 Å². The van der Waals surface area contributed by atoms with E-state index in [4.69, 9.17) is 0 Å². The maximum Gasteiger partial charge on any atom is 0.0357 e. The Labute approximate surface area is 69.5 Å². The maximum absolute atomic E-state index is 4.13. The summed E-state index contributed by atoms with van der Waals surface area (Å²) in [5, 5.41) is 0. The van der Waals surface area contributed by atoms with Crippen LogP contribution in [0.4, 0.5) is 0 Å². The van der Waals surface area contributed by atoms with E-state index in [2.05, 4.69) is 24.1 Å². The van der Waals surface area contributed by atoms with Crippen LogP contribution in [0, 0.1) is 0 Å². The summed E-state index contributed by atoms with van der Waals surface area (Å²) in [4.78, 5) is 4.13. The number of rotatable bonds is 4. The van der Waals surface area contributed by atoms with Gasteiger partial charge in [0.15, 0.2) is 0 Å². The predicted molar refractivity (Wildman–Crippen MR) is 52.2 cm³/mol. The predicted octanol–water partition coefficient (Wildman–Crippen LogP) is 2.99. The van der Waals surface area contributed by atoms with E-state index in [0.717, 1.165) is 13.0 Å². The molecule has 0 aliphatic heterocycles. The third-order valence-electron chi connectivity index (χ3n) is 1.30. The second kappa shape index (κ2) is 7.26. The summed E-state index contributed by atoms with van der Waals surface area (Å²) in [5.74, 6) is 0. The van der Waals surface area contributed by atoms with Crippen LogP contribution < -0.4 is 0 Å². The molecule has 0 saturated carbocycles. The van der Waals surface area contributed by atoms with Crippen molar-refractivity contribution in [3.8, 4) is 0 Å². The van der Waals surface area contributed by atoms with Crippen LogP contribution in [0.5, 0.6) is 0 Å². The van der Waals surface area contributed by atoms with E-state index in [1.807, 2.05) is 26.1 Å². The number of hydrogen-bond acceptors (Lipinski definition) is 1. The first kappa shape index (κ1) is 10.2. The fourth-order valence-electron chi connectivity index (χ4n) is 0.666. The number of aliphatic imine (C=N–C) groups is 1. The molecular weight excluding hydrogens is 134 g/mol. The second-order valence-electron chi connectivity index (χ2n) is 2.42. The molecule has 62 valence electrons. The summed E-state index contributed by atoms with van der Waals surface area (Å²) in [6.07, 6.45) is 9.13. The van der Waals surface area contributed by atoms with Crippen molar-refractivity contribution in [3.05, 3.63) is 23.8 Å². The zero-order valence-electron chi connectivity index (χ0n) is 7.67. The van der Waals surface area contributed by atoms with Crippen molar-refractivity contribution >= 4 is 6.21 Å². The van der Waals surface area contributed by atoms with E-state index >= 15 is 0 Å². The van der Waals surface area contributed by atoms with E-state index in [1.165, 1.54) is 5.57 Å². The summed E-state index contributed by atoms with van der Waals surface area (Å²) in [7, 11) is 0. The molecule has 0 aliphatic rings. The summed E-state index contributed by atoms with van der Waals surface area (Å²) in [6, 6.07) is 0. The van der Waals surface area contributed by atoms with Crippen molar-refractivity contribution < 1.29 is 0 Å². The first-order valence-electron chi connectivity index (χ1n) is 4.08. The molecule has 0 aliphatic carbocycles. The molecule has 0 atom stereocenters. The fourth-order valence-corrected chi connectivity index (χ4v) is 0.666. The largest absolute Gasteiger partial charge is 0.297 e. The molecule has 0 saturated heterocycles. The molecule has 0 bridgehead atoms. The van der Waals surface area contributed by atoms with Gasteiger partial charge in [-0.2, -0.15) is 0 Å². The first-order valence-corrected chi connectivity index (χ1v) is 4.08. The lowest BCUT2D eigenvalue weighted by atomic mass is 10.2. The summed E-state index contributed by atoms with van der Waals surface area (Å²) in [6.45, 7) is 7.06. The Kier molecular flexibility index (Phi) is 6.70. The minimum atomic E-state index is 0.886. The molecule has 0 rings (SSSR count). The molecule has 0 amide bonds. The third kappa shape index (κ3) is 7.04. The van der Waals surface area contributed by atoms with Crippen LogP contribution in [0.2, 0.25) is 0 Å². The molecule has 0 radical (unpaired) electrons. The summed E-state index contributed by atoms with van der Waals surface area (Å²) < 4.78 is 0. The van der Waals surface area contributed by atoms with Crippen molar-refractivity contribution in [1.29, 1.82) is 0 Å². The Balaban J connectivity index is 3.67. The molecular formula is C10H17N. The summed E-state index contributed by atoms with van der Waals surface area (Å²) >= 11 is 0. The molecule has 1 nitrogen and oxygen atoms in total. The highest BCUT2D eigenvalue weighted by Crippen LogP contribution is 1.96. The minimum absolute atomic E-state index is 0.886. The zero-order chi connectivity index (χ0) is 8.53. The number of hydrogen-bond donors (Lipinski definition) is 0. The highest BCUT2D eigenvalue weighted by molar-refractivity contribution is 5.60. The average Bonchev–Trinajstić information content (AvgIpc) is 2.01. The van der Waals surface area contributed by atoms with Crippen LogP contribution in [0.3, 0.4) is 0 Å². The van der Waals surface area contributed by atoms with Crippen LogP contribution in [0.15, 0.2) is 28.8 Å². The van der Waals surface area contributed by atoms with E-state index in [0.29, 0.717) is 0 Å². The monoisotopic (exact) mass is 151 g/mol. The molecule has 11 heavy (non-hydrogen) atoms. The topological polar surface area (TPSA) is 12.4 Å². The Morgan fingerprint density at radius 2 is 2.18 bits per heavy atom. The second-order valence-corrected chi connectivity index (χ2v) is 2.42. The van der Waals surface area contributed by atoms with Gasteiger partial charge in [-0.1, -0.05) is 23.8 Å². The highest BCUT2D eigenvalue weighted by atomic mass is 14.7. The molecule has 0 unspecified atom stereocenters. The van der Waals surface area contributed by atoms with Gasteiger partial charge < -0.3 is 0 Å². The molecule has 0 spiro atoms. The molecule has 0 N–H and O–H groups in total. The zero-order valence-corrected chi connectivity index (χ0v) is 7.67. The van der Waals surface area contributed by atoms with E-state index in [-0.39, 0.29) is 0 Å². The van der Waals surface area contributed by atoms with Crippen molar-refractivity contribution in [2.75, 3.05) is 6.54 Å². The van der Waals surface area contributed by atoms with Crippen LogP contribution in [-0.2, 0) is 0 Å². The Morgan fingerprint density at radius 1 is 1.45 bits per heavy atom. The maximum atomic E-state index is 4.13. The Morgan fingerprint density at radius 3 is 2.73 bits per heavy atom. The van der Waals surface area contributed by atoms with Crippen LogP contribution in [0.25, 0.3) is 0 Å². The van der Waals surface area contributed by atoms with Gasteiger partial charge in [-0.15, -0.1) is 0 Å². The number of nitrogens with zero attached hydrogens (tertiary/aromatic N) is 1. The Bertz CT molecular complexity index is 164. The van der Waals surface area contributed by atoms with Gasteiger partial charge in [-0.25, -0.2) is 0 Å². The first-order chi connectivity index (χ1) is 5.31. The van der Waals surface area contributed by atoms with Gasteiger partial charge in [-0.05, 0) is 20.8 Å². The molecule has 1 heteroatoms. The van der Waals surface area contributed by atoms with Crippen molar-refractivity contribution in [3.63, 3.8) is 0 Å². The van der Waals surface area contributed by atoms with Gasteiger partial charge in [0, 0.05) is 19.2 Å². The van der Waals surface area contributed by atoms with Crippen LogP contribution in [0.1, 0.15) is 27.2 Å². The van der Waals surface area contributed by atoms with Crippen LogP contribution in [-0.4, -0.2) is 12.8 Å². The van der Waals surface area contributed by atoms with Crippen LogP contribution >= 0.6 is 0 Å². The van der Waals surface area contributed by atoms with Crippen molar-refractivity contribution in [2.45, 2.75) is 27.2 Å². The standard InChI is InChI=1S/C10H17N/c1-4-6-7-10(3)8-9-11-5-2/h4,6-7,9H,5,8H2,1-3H3/b6-4?,10-7-,11-9?. The molecule has 0 aromatic rings. The van der Waals surface area contributed by atoms with E-state index in [9.17, 15) is 0 Å². The van der Waals surface area contributed by atoms with Gasteiger partial charge in [0.05, 0.1) is 0 Å². The van der Waals surface area contributed by atoms with Crippen molar-refractivity contribution in [2.24, 2.45) is 4.99 Å². The lowest BCUT2D eigenvalue weighted by Crippen LogP contribution is -1.79.